The van der Waals surface area contributed by atoms with Crippen LogP contribution in [0.2, 0.25) is 0 Å². The van der Waals surface area contributed by atoms with Crippen molar-refractivity contribution in [3.05, 3.63) is 76.2 Å². The molecule has 0 spiro atoms. The number of hydrogen-bond donors (Lipinski definition) is 3. The molecular weight excluding hydrogens is 564 g/mol. The summed E-state index contributed by atoms with van der Waals surface area (Å²) < 4.78 is 10.7. The third-order valence-electron chi connectivity index (χ3n) is 6.87. The van der Waals surface area contributed by atoms with E-state index < -0.39 is 36.0 Å². The van der Waals surface area contributed by atoms with E-state index in [1.165, 1.54) is 0 Å². The van der Waals surface area contributed by atoms with Gasteiger partial charge in [0, 0.05) is 11.5 Å². The third-order valence-corrected chi connectivity index (χ3v) is 6.87. The second-order valence-corrected chi connectivity index (χ2v) is 10.2. The number of alkyl carbamates (subject to hydrolysis) is 1. The summed E-state index contributed by atoms with van der Waals surface area (Å²) >= 11 is 0. The van der Waals surface area contributed by atoms with Gasteiger partial charge in [-0.3, -0.25) is 9.59 Å². The molecule has 12 nitrogen and oxygen atoms in total. The van der Waals surface area contributed by atoms with Crippen LogP contribution in [0.1, 0.15) is 50.7 Å². The van der Waals surface area contributed by atoms with Crippen LogP contribution >= 0.6 is 0 Å². The number of carbonyl (C=O) groups is 4. The Kier molecular flexibility index (Phi) is 16.0. The van der Waals surface area contributed by atoms with Crippen molar-refractivity contribution in [1.82, 2.24) is 16.0 Å². The van der Waals surface area contributed by atoms with E-state index in [4.69, 9.17) is 21.4 Å². The highest BCUT2D eigenvalue weighted by molar-refractivity contribution is 5.92. The van der Waals surface area contributed by atoms with Gasteiger partial charge in [0.25, 0.3) is 0 Å². The third kappa shape index (κ3) is 12.9. The van der Waals surface area contributed by atoms with Gasteiger partial charge in [0.2, 0.25) is 11.8 Å². The number of rotatable bonds is 19. The van der Waals surface area contributed by atoms with Gasteiger partial charge in [-0.2, -0.15) is 0 Å². The Balaban J connectivity index is 2.08. The van der Waals surface area contributed by atoms with E-state index in [2.05, 4.69) is 31.9 Å². The number of aldehydes is 1. The van der Waals surface area contributed by atoms with E-state index in [0.29, 0.717) is 31.3 Å². The number of nitrogens with zero attached hydrogens (tertiary/aromatic N) is 3. The minimum Gasteiger partial charge on any atom is -0.481 e. The first-order valence-electron chi connectivity index (χ1n) is 14.5. The van der Waals surface area contributed by atoms with E-state index in [1.807, 2.05) is 32.0 Å². The Labute approximate surface area is 257 Å². The highest BCUT2D eigenvalue weighted by Crippen LogP contribution is 2.14. The maximum Gasteiger partial charge on any atom is 0.408 e. The molecular formula is C32H40N6O6. The number of unbranched alkanes of at least 4 members (excludes halogenated alkanes) is 1. The van der Waals surface area contributed by atoms with E-state index in [9.17, 15) is 19.2 Å². The fourth-order valence-electron chi connectivity index (χ4n) is 4.21. The summed E-state index contributed by atoms with van der Waals surface area (Å²) in [6.07, 6.45) is 7.06. The molecule has 3 amide bonds. The Morgan fingerprint density at radius 3 is 2.39 bits per heavy atom. The topological polar surface area (TPSA) is 172 Å². The van der Waals surface area contributed by atoms with Gasteiger partial charge >= 0.3 is 6.09 Å². The van der Waals surface area contributed by atoms with Crippen LogP contribution in [0.3, 0.4) is 0 Å². The molecule has 0 radical (unpaired) electrons. The second-order valence-electron chi connectivity index (χ2n) is 10.2. The lowest BCUT2D eigenvalue weighted by Gasteiger charge is -2.27. The number of carbonyl (C=O) groups excluding carboxylic acids is 4. The van der Waals surface area contributed by atoms with Gasteiger partial charge in [-0.1, -0.05) is 80.2 Å². The largest absolute Gasteiger partial charge is 0.481 e. The van der Waals surface area contributed by atoms with Crippen LogP contribution in [0.4, 0.5) is 4.79 Å². The van der Waals surface area contributed by atoms with Gasteiger partial charge in [0.1, 0.15) is 37.3 Å². The standard InChI is InChI=1S/C32H40N6O6/c1-4-19-43-27-16-14-24(15-17-27)20-26(21-39)35-31(41)29(23(3)5-2)37-30(40)28(13-9-10-18-34-38-33)36-32(42)44-22-25-11-7-6-8-12-25/h1,6-8,11-12,14-17,21,23,26,28-29H,5,9-10,13,18-20,22H2,2-3H3,(H,35,41)(H,36,42)(H,37,40)/t23-,26+,28+,29+/m1/s1. The van der Waals surface area contributed by atoms with Crippen LogP contribution in [-0.4, -0.2) is 55.5 Å². The van der Waals surface area contributed by atoms with Gasteiger partial charge in [-0.25, -0.2) is 4.79 Å². The van der Waals surface area contributed by atoms with E-state index >= 15 is 0 Å². The van der Waals surface area contributed by atoms with Crippen molar-refractivity contribution in [2.24, 2.45) is 11.0 Å². The molecule has 4 atom stereocenters. The molecule has 44 heavy (non-hydrogen) atoms. The molecule has 2 aromatic carbocycles. The molecule has 234 valence electrons. The summed E-state index contributed by atoms with van der Waals surface area (Å²) in [5.74, 6) is 1.60. The Morgan fingerprint density at radius 2 is 1.75 bits per heavy atom. The van der Waals surface area contributed by atoms with Crippen molar-refractivity contribution in [3.63, 3.8) is 0 Å². The van der Waals surface area contributed by atoms with Gasteiger partial charge in [0.05, 0.1) is 6.04 Å². The average Bonchev–Trinajstić information content (AvgIpc) is 3.04. The summed E-state index contributed by atoms with van der Waals surface area (Å²) in [5, 5.41) is 11.6. The number of ether oxygens (including phenoxy) is 2. The van der Waals surface area contributed by atoms with Crippen molar-refractivity contribution in [2.75, 3.05) is 13.2 Å². The quantitative estimate of drug-likeness (QED) is 0.0541. The highest BCUT2D eigenvalue weighted by atomic mass is 16.5. The molecule has 2 rings (SSSR count). The summed E-state index contributed by atoms with van der Waals surface area (Å²) in [7, 11) is 0. The summed E-state index contributed by atoms with van der Waals surface area (Å²) in [5.41, 5.74) is 10.1. The molecule has 2 aromatic rings. The van der Waals surface area contributed by atoms with Crippen LogP contribution in [0, 0.1) is 18.3 Å². The fourth-order valence-corrected chi connectivity index (χ4v) is 4.21. The Hall–Kier alpha value is -5.01. The van der Waals surface area contributed by atoms with Gasteiger partial charge in [-0.15, -0.1) is 6.42 Å². The van der Waals surface area contributed by atoms with Crippen molar-refractivity contribution in [3.8, 4) is 18.1 Å². The molecule has 0 bridgehead atoms. The summed E-state index contributed by atoms with van der Waals surface area (Å²) in [6, 6.07) is 13.3. The molecule has 0 saturated heterocycles. The predicted molar refractivity (Wildman–Crippen MR) is 165 cm³/mol. The second kappa shape index (κ2) is 20.0. The zero-order chi connectivity index (χ0) is 32.2. The van der Waals surface area contributed by atoms with Gasteiger partial charge in [-0.05, 0) is 54.0 Å². The zero-order valence-corrected chi connectivity index (χ0v) is 25.1. The lowest BCUT2D eigenvalue weighted by molar-refractivity contribution is -0.132. The maximum absolute atomic E-state index is 13.4. The number of terminal acetylenes is 1. The van der Waals surface area contributed by atoms with Crippen LogP contribution in [-0.2, 0) is 32.1 Å². The zero-order valence-electron chi connectivity index (χ0n) is 25.1. The molecule has 0 heterocycles. The number of nitrogens with one attached hydrogen (secondary N) is 3. The summed E-state index contributed by atoms with van der Waals surface area (Å²) in [6.45, 7) is 4.09. The smallest absolute Gasteiger partial charge is 0.408 e. The minimum absolute atomic E-state index is 0.0174. The Morgan fingerprint density at radius 1 is 1.02 bits per heavy atom. The fraction of sp³-hybridized carbons (Fsp3) is 0.438. The molecule has 3 N–H and O–H groups in total. The van der Waals surface area contributed by atoms with Gasteiger partial charge in [0.15, 0.2) is 0 Å². The number of hydrogen-bond acceptors (Lipinski definition) is 7. The van der Waals surface area contributed by atoms with Crippen molar-refractivity contribution in [1.29, 1.82) is 0 Å². The summed E-state index contributed by atoms with van der Waals surface area (Å²) in [4.78, 5) is 54.0. The molecule has 12 heteroatoms. The molecule has 0 aliphatic carbocycles. The number of azide groups is 1. The van der Waals surface area contributed by atoms with Crippen LogP contribution in [0.5, 0.6) is 5.75 Å². The van der Waals surface area contributed by atoms with E-state index in [-0.39, 0.29) is 38.5 Å². The molecule has 0 unspecified atom stereocenters. The monoisotopic (exact) mass is 604 g/mol. The molecule has 0 fully saturated rings. The predicted octanol–water partition coefficient (Wildman–Crippen LogP) is 4.23. The molecule has 0 aliphatic heterocycles. The number of benzene rings is 2. The van der Waals surface area contributed by atoms with Crippen molar-refractivity contribution < 1.29 is 28.7 Å². The first kappa shape index (κ1) is 35.2. The van der Waals surface area contributed by atoms with E-state index in [0.717, 1.165) is 11.1 Å². The van der Waals surface area contributed by atoms with Crippen molar-refractivity contribution in [2.45, 2.75) is 70.7 Å². The highest BCUT2D eigenvalue weighted by Gasteiger charge is 2.31. The van der Waals surface area contributed by atoms with Crippen LogP contribution in [0.15, 0.2) is 59.7 Å². The van der Waals surface area contributed by atoms with Crippen LogP contribution in [0.25, 0.3) is 10.4 Å². The van der Waals surface area contributed by atoms with Crippen molar-refractivity contribution >= 4 is 24.2 Å². The maximum atomic E-state index is 13.4. The SMILES string of the molecule is C#CCOc1ccc(C[C@@H](C=O)NC(=O)[C@@H](NC(=O)[C@H](CCCCN=[N+]=[N-])NC(=O)OCc2ccccc2)[C@H](C)CC)cc1. The lowest BCUT2D eigenvalue weighted by atomic mass is 9.96. The first-order valence-corrected chi connectivity index (χ1v) is 14.5. The normalized spacial score (nSPS) is 13.0. The Bertz CT molecular complexity index is 1290. The molecule has 0 aliphatic rings. The number of amides is 3. The molecule has 0 saturated carbocycles. The van der Waals surface area contributed by atoms with Gasteiger partial charge < -0.3 is 30.2 Å². The van der Waals surface area contributed by atoms with E-state index in [1.54, 1.807) is 36.4 Å². The first-order chi connectivity index (χ1) is 21.3. The lowest BCUT2D eigenvalue weighted by Crippen LogP contribution is -2.57. The minimum atomic E-state index is -1.01. The van der Waals surface area contributed by atoms with Crippen LogP contribution < -0.4 is 20.7 Å². The average molecular weight is 605 g/mol. The molecule has 0 aromatic heterocycles.